The molecule has 0 radical (unpaired) electrons. The predicted octanol–water partition coefficient (Wildman–Crippen LogP) is 3.19. The van der Waals surface area contributed by atoms with Gasteiger partial charge in [-0.2, -0.15) is 18.3 Å². The van der Waals surface area contributed by atoms with E-state index in [1.807, 2.05) is 0 Å². The molecule has 0 aliphatic carbocycles. The average molecular weight is 399 g/mol. The van der Waals surface area contributed by atoms with E-state index in [0.29, 0.717) is 0 Å². The number of hydrogen-bond acceptors (Lipinski definition) is 3. The van der Waals surface area contributed by atoms with Crippen molar-refractivity contribution in [3.63, 3.8) is 0 Å². The third-order valence-corrected chi connectivity index (χ3v) is 3.21. The number of halogens is 7. The molecule has 1 heterocycles. The van der Waals surface area contributed by atoms with Gasteiger partial charge in [-0.15, -0.1) is 0 Å². The first-order valence-electron chi connectivity index (χ1n) is 6.93. The number of carboxylic acid groups (broad SMARTS) is 1. The summed E-state index contributed by atoms with van der Waals surface area (Å²) in [6.45, 7) is -0.158. The van der Waals surface area contributed by atoms with E-state index in [0.717, 1.165) is 16.9 Å². The Kier molecular flexibility index (Phi) is 5.42. The number of benzene rings is 1. The van der Waals surface area contributed by atoms with Gasteiger partial charge < -0.3 is 10.4 Å². The van der Waals surface area contributed by atoms with Crippen LogP contribution in [0.3, 0.4) is 0 Å². The topological polar surface area (TPSA) is 84.2 Å². The lowest BCUT2D eigenvalue weighted by Gasteiger charge is -2.14. The minimum Gasteiger partial charge on any atom is -0.481 e. The zero-order chi connectivity index (χ0) is 20.5. The van der Waals surface area contributed by atoms with Gasteiger partial charge in [-0.1, -0.05) is 0 Å². The van der Waals surface area contributed by atoms with Gasteiger partial charge in [0, 0.05) is 6.20 Å². The third kappa shape index (κ3) is 4.17. The van der Waals surface area contributed by atoms with Crippen LogP contribution in [0.5, 0.6) is 0 Å². The van der Waals surface area contributed by atoms with Crippen LogP contribution in [0, 0.1) is 23.3 Å². The quantitative estimate of drug-likeness (QED) is 0.598. The summed E-state index contributed by atoms with van der Waals surface area (Å²) in [4.78, 5) is 22.3. The summed E-state index contributed by atoms with van der Waals surface area (Å²) in [6.07, 6.45) is -4.93. The van der Waals surface area contributed by atoms with Crippen LogP contribution in [0.1, 0.15) is 22.5 Å². The number of aliphatic carboxylic acids is 1. The fourth-order valence-corrected chi connectivity index (χ4v) is 1.99. The monoisotopic (exact) mass is 399 g/mol. The molecule has 1 aromatic carbocycles. The number of aryl methyl sites for hydroxylation is 1. The van der Waals surface area contributed by atoms with Gasteiger partial charge in [-0.05, 0) is 6.07 Å². The minimum atomic E-state index is -5.71. The second kappa shape index (κ2) is 7.25. The van der Waals surface area contributed by atoms with E-state index in [2.05, 4.69) is 5.10 Å². The van der Waals surface area contributed by atoms with Gasteiger partial charge in [-0.3, -0.25) is 14.3 Å². The Morgan fingerprint density at radius 2 is 1.63 bits per heavy atom. The number of rotatable bonds is 5. The normalized spacial score (nSPS) is 11.5. The van der Waals surface area contributed by atoms with E-state index in [1.54, 1.807) is 0 Å². The molecule has 146 valence electrons. The Hall–Kier alpha value is -3.12. The summed E-state index contributed by atoms with van der Waals surface area (Å²) in [5, 5.41) is 13.5. The van der Waals surface area contributed by atoms with E-state index in [4.69, 9.17) is 5.11 Å². The molecule has 13 heteroatoms. The van der Waals surface area contributed by atoms with E-state index >= 15 is 0 Å². The van der Waals surface area contributed by atoms with Crippen molar-refractivity contribution in [2.75, 3.05) is 5.32 Å². The number of amides is 1. The molecule has 1 amide bonds. The van der Waals surface area contributed by atoms with Crippen molar-refractivity contribution in [1.82, 2.24) is 9.78 Å². The zero-order valence-corrected chi connectivity index (χ0v) is 12.9. The number of alkyl halides is 3. The van der Waals surface area contributed by atoms with E-state index < -0.39 is 58.3 Å². The molecule has 2 rings (SSSR count). The summed E-state index contributed by atoms with van der Waals surface area (Å²) >= 11 is 0. The van der Waals surface area contributed by atoms with Crippen LogP contribution in [0.15, 0.2) is 12.3 Å². The number of nitrogens with one attached hydrogen (secondary N) is 1. The maximum Gasteiger partial charge on any atom is 0.422 e. The smallest absolute Gasteiger partial charge is 0.422 e. The lowest BCUT2D eigenvalue weighted by molar-refractivity contribution is -0.143. The van der Waals surface area contributed by atoms with Crippen LogP contribution in [0.2, 0.25) is 0 Å². The molecular weight excluding hydrogens is 391 g/mol. The second-order valence-electron chi connectivity index (χ2n) is 5.07. The highest BCUT2D eigenvalue weighted by molar-refractivity contribution is 6.03. The average Bonchev–Trinajstić information content (AvgIpc) is 3.03. The van der Waals surface area contributed by atoms with Gasteiger partial charge in [-0.25, -0.2) is 17.6 Å². The number of carboxylic acids is 1. The van der Waals surface area contributed by atoms with Crippen molar-refractivity contribution < 1.29 is 45.4 Å². The number of hydrogen-bond donors (Lipinski definition) is 2. The number of anilines is 1. The van der Waals surface area contributed by atoms with Crippen LogP contribution < -0.4 is 5.32 Å². The molecule has 6 nitrogen and oxygen atoms in total. The van der Waals surface area contributed by atoms with E-state index in [9.17, 15) is 40.3 Å². The molecule has 0 bridgehead atoms. The highest BCUT2D eigenvalue weighted by Crippen LogP contribution is 2.38. The highest BCUT2D eigenvalue weighted by atomic mass is 19.4. The van der Waals surface area contributed by atoms with Crippen molar-refractivity contribution in [3.8, 4) is 0 Å². The lowest BCUT2D eigenvalue weighted by Crippen LogP contribution is -2.20. The SMILES string of the molecule is O=C(O)CCn1ccc(C(=O)Nc2c(F)c(F)c(C(F)(F)F)c(F)c2F)n1. The first-order valence-corrected chi connectivity index (χ1v) is 6.93. The Morgan fingerprint density at radius 1 is 1.07 bits per heavy atom. The van der Waals surface area contributed by atoms with Gasteiger partial charge in [0.1, 0.15) is 11.3 Å². The van der Waals surface area contributed by atoms with Crippen LogP contribution in [0.25, 0.3) is 0 Å². The molecule has 0 atom stereocenters. The van der Waals surface area contributed by atoms with Gasteiger partial charge in [0.2, 0.25) is 0 Å². The molecule has 0 spiro atoms. The summed E-state index contributed by atoms with van der Waals surface area (Å²) in [6, 6.07) is 0.990. The molecule has 0 saturated carbocycles. The molecule has 0 saturated heterocycles. The van der Waals surface area contributed by atoms with E-state index in [1.165, 1.54) is 5.32 Å². The van der Waals surface area contributed by atoms with Gasteiger partial charge >= 0.3 is 12.1 Å². The van der Waals surface area contributed by atoms with Crippen LogP contribution in [0.4, 0.5) is 36.4 Å². The Morgan fingerprint density at radius 3 is 2.11 bits per heavy atom. The minimum absolute atomic E-state index is 0.158. The fraction of sp³-hybridized carbons (Fsp3) is 0.214. The Labute approximate surface area is 145 Å². The molecule has 2 aromatic rings. The molecule has 0 aliphatic rings. The lowest BCUT2D eigenvalue weighted by atomic mass is 10.1. The van der Waals surface area contributed by atoms with E-state index in [-0.39, 0.29) is 13.0 Å². The molecule has 2 N–H and O–H groups in total. The molecule has 0 aliphatic heterocycles. The van der Waals surface area contributed by atoms with Crippen molar-refractivity contribution in [2.24, 2.45) is 0 Å². The zero-order valence-electron chi connectivity index (χ0n) is 12.9. The number of nitrogens with zero attached hydrogens (tertiary/aromatic N) is 2. The van der Waals surface area contributed by atoms with Crippen molar-refractivity contribution in [1.29, 1.82) is 0 Å². The Bertz CT molecular complexity index is 879. The molecular formula is C14H8F7N3O3. The van der Waals surface area contributed by atoms with Crippen molar-refractivity contribution in [3.05, 3.63) is 46.8 Å². The summed E-state index contributed by atoms with van der Waals surface area (Å²) in [7, 11) is 0. The van der Waals surface area contributed by atoms with Crippen LogP contribution >= 0.6 is 0 Å². The first kappa shape index (κ1) is 20.2. The van der Waals surface area contributed by atoms with Crippen LogP contribution in [-0.2, 0) is 17.5 Å². The predicted molar refractivity (Wildman–Crippen MR) is 73.7 cm³/mol. The van der Waals surface area contributed by atoms with Crippen molar-refractivity contribution >= 4 is 17.6 Å². The maximum absolute atomic E-state index is 13.7. The summed E-state index contributed by atoms with van der Waals surface area (Å²) < 4.78 is 93.0. The maximum atomic E-state index is 13.7. The first-order chi connectivity index (χ1) is 12.4. The third-order valence-electron chi connectivity index (χ3n) is 3.21. The largest absolute Gasteiger partial charge is 0.481 e. The van der Waals surface area contributed by atoms with Gasteiger partial charge in [0.15, 0.2) is 29.0 Å². The summed E-state index contributed by atoms with van der Waals surface area (Å²) in [5.74, 6) is -12.9. The molecule has 0 fully saturated rings. The standard InChI is InChI=1S/C14H8F7N3O3/c15-8-7(14(19,20)21)9(16)11(18)12(10(8)17)22-13(27)5-1-3-24(23-5)4-2-6(25)26/h1,3H,2,4H2,(H,22,27)(H,25,26). The number of carbonyl (C=O) groups is 2. The second-order valence-corrected chi connectivity index (χ2v) is 5.07. The Balaban J connectivity index is 2.32. The van der Waals surface area contributed by atoms with Gasteiger partial charge in [0.25, 0.3) is 5.91 Å². The number of carbonyl (C=O) groups excluding carboxylic acids is 1. The van der Waals surface area contributed by atoms with Gasteiger partial charge in [0.05, 0.1) is 13.0 Å². The fourth-order valence-electron chi connectivity index (χ4n) is 1.99. The molecule has 0 unspecified atom stereocenters. The van der Waals surface area contributed by atoms with Crippen molar-refractivity contribution in [2.45, 2.75) is 19.1 Å². The summed E-state index contributed by atoms with van der Waals surface area (Å²) in [5.41, 5.74) is -5.06. The number of aromatic nitrogens is 2. The molecule has 1 aromatic heterocycles. The molecule has 27 heavy (non-hydrogen) atoms. The highest BCUT2D eigenvalue weighted by Gasteiger charge is 2.42. The van der Waals surface area contributed by atoms with Crippen LogP contribution in [-0.4, -0.2) is 26.8 Å².